The summed E-state index contributed by atoms with van der Waals surface area (Å²) in [7, 11) is -3.58. The molecule has 1 amide bonds. The Balaban J connectivity index is 1.84. The van der Waals surface area contributed by atoms with Gasteiger partial charge in [0.05, 0.1) is 10.9 Å². The van der Waals surface area contributed by atoms with Crippen LogP contribution >= 0.6 is 0 Å². The molecule has 24 heavy (non-hydrogen) atoms. The number of amides is 1. The number of nitrogens with zero attached hydrogens (tertiary/aromatic N) is 2. The molecule has 0 bridgehead atoms. The van der Waals surface area contributed by atoms with Crippen molar-refractivity contribution in [1.29, 1.82) is 0 Å². The van der Waals surface area contributed by atoms with E-state index >= 15 is 0 Å². The first-order valence-corrected chi connectivity index (χ1v) is 9.44. The van der Waals surface area contributed by atoms with Crippen molar-refractivity contribution in [2.75, 3.05) is 11.9 Å². The number of anilines is 1. The molecule has 1 unspecified atom stereocenters. The number of nitrogens with one attached hydrogen (secondary N) is 1. The Bertz CT molecular complexity index is 840. The lowest BCUT2D eigenvalue weighted by Crippen LogP contribution is -2.40. The minimum atomic E-state index is -3.58. The Morgan fingerprint density at radius 1 is 1.21 bits per heavy atom. The Hall–Kier alpha value is -2.12. The van der Waals surface area contributed by atoms with Crippen LogP contribution in [0.3, 0.4) is 0 Å². The van der Waals surface area contributed by atoms with Crippen LogP contribution in [0.1, 0.15) is 32.0 Å². The molecular weight excluding hydrogens is 326 g/mol. The van der Waals surface area contributed by atoms with Crippen molar-refractivity contribution < 1.29 is 13.2 Å². The van der Waals surface area contributed by atoms with Gasteiger partial charge in [0.1, 0.15) is 0 Å². The highest BCUT2D eigenvalue weighted by molar-refractivity contribution is 7.89. The lowest BCUT2D eigenvalue weighted by molar-refractivity contribution is -0.115. The number of fused-ring (bicyclic) bond motifs is 1. The summed E-state index contributed by atoms with van der Waals surface area (Å²) in [5.41, 5.74) is 1.60. The summed E-state index contributed by atoms with van der Waals surface area (Å²) in [6.07, 6.45) is 2.35. The number of hydrogen-bond donors (Lipinski definition) is 1. The largest absolute Gasteiger partial charge is 0.349 e. The number of rotatable bonds is 4. The van der Waals surface area contributed by atoms with Gasteiger partial charge >= 0.3 is 0 Å². The van der Waals surface area contributed by atoms with Gasteiger partial charge in [0.25, 0.3) is 0 Å². The van der Waals surface area contributed by atoms with Gasteiger partial charge in [0.2, 0.25) is 15.9 Å². The maximum atomic E-state index is 12.9. The molecule has 1 N–H and O–H groups in total. The summed E-state index contributed by atoms with van der Waals surface area (Å²) in [5.74, 6) is -0.101. The summed E-state index contributed by atoms with van der Waals surface area (Å²) in [5, 5.41) is 2.72. The molecule has 2 heterocycles. The van der Waals surface area contributed by atoms with E-state index in [2.05, 4.69) is 9.88 Å². The van der Waals surface area contributed by atoms with Gasteiger partial charge in [-0.15, -0.1) is 0 Å². The number of aromatic nitrogens is 1. The molecule has 2 aromatic rings. The Kier molecular flexibility index (Phi) is 4.47. The molecule has 0 spiro atoms. The first-order valence-electron chi connectivity index (χ1n) is 8.00. The molecular formula is C17H21N3O3S. The fraction of sp³-hybridized carbons (Fsp3) is 0.353. The van der Waals surface area contributed by atoms with Crippen molar-refractivity contribution in [3.8, 4) is 0 Å². The van der Waals surface area contributed by atoms with E-state index in [0.29, 0.717) is 25.2 Å². The van der Waals surface area contributed by atoms with Crippen molar-refractivity contribution in [2.45, 2.75) is 37.8 Å². The van der Waals surface area contributed by atoms with Crippen LogP contribution in [0.2, 0.25) is 0 Å². The third kappa shape index (κ3) is 2.97. The number of carbonyl (C=O) groups excluding carboxylic acids is 1. The number of benzene rings is 1. The van der Waals surface area contributed by atoms with Crippen LogP contribution in [0.15, 0.2) is 47.5 Å². The van der Waals surface area contributed by atoms with Crippen LogP contribution in [-0.2, 0) is 21.4 Å². The third-order valence-electron chi connectivity index (χ3n) is 4.35. The molecule has 7 heteroatoms. The van der Waals surface area contributed by atoms with Gasteiger partial charge < -0.3 is 9.88 Å². The summed E-state index contributed by atoms with van der Waals surface area (Å²) >= 11 is 0. The highest BCUT2D eigenvalue weighted by Crippen LogP contribution is 2.31. The molecule has 128 valence electrons. The molecule has 0 saturated heterocycles. The minimum Gasteiger partial charge on any atom is -0.349 e. The van der Waals surface area contributed by atoms with Crippen LogP contribution in [0.5, 0.6) is 0 Å². The van der Waals surface area contributed by atoms with E-state index < -0.39 is 10.0 Å². The highest BCUT2D eigenvalue weighted by Gasteiger charge is 2.33. The average Bonchev–Trinajstić information content (AvgIpc) is 3.05. The number of sulfonamides is 1. The predicted octanol–water partition coefficient (Wildman–Crippen LogP) is 2.60. The summed E-state index contributed by atoms with van der Waals surface area (Å²) < 4.78 is 29.5. The van der Waals surface area contributed by atoms with Crippen LogP contribution in [0, 0.1) is 0 Å². The Morgan fingerprint density at radius 3 is 2.58 bits per heavy atom. The first-order chi connectivity index (χ1) is 11.4. The smallest absolute Gasteiger partial charge is 0.243 e. The number of hydrogen-bond acceptors (Lipinski definition) is 3. The molecule has 0 aliphatic carbocycles. The number of carbonyl (C=O) groups is 1. The van der Waals surface area contributed by atoms with E-state index in [0.717, 1.165) is 5.69 Å². The van der Waals surface area contributed by atoms with E-state index in [1.807, 2.05) is 25.3 Å². The zero-order valence-electron chi connectivity index (χ0n) is 13.8. The van der Waals surface area contributed by atoms with E-state index in [-0.39, 0.29) is 16.8 Å². The molecule has 1 atom stereocenters. The first kappa shape index (κ1) is 16.7. The van der Waals surface area contributed by atoms with Crippen molar-refractivity contribution in [2.24, 2.45) is 0 Å². The van der Waals surface area contributed by atoms with Crippen LogP contribution in [0.25, 0.3) is 0 Å². The minimum absolute atomic E-state index is 0.101. The van der Waals surface area contributed by atoms with Gasteiger partial charge in [0, 0.05) is 37.1 Å². The second-order valence-electron chi connectivity index (χ2n) is 5.84. The van der Waals surface area contributed by atoms with Crippen molar-refractivity contribution in [3.05, 3.63) is 48.3 Å². The normalized spacial score (nSPS) is 18.2. The van der Waals surface area contributed by atoms with E-state index in [9.17, 15) is 13.2 Å². The molecule has 3 rings (SSSR count). The lowest BCUT2D eigenvalue weighted by atomic mass is 10.2. The molecule has 0 saturated carbocycles. The van der Waals surface area contributed by atoms with Crippen molar-refractivity contribution in [3.63, 3.8) is 0 Å². The summed E-state index contributed by atoms with van der Waals surface area (Å²) in [4.78, 5) is 11.6. The summed E-state index contributed by atoms with van der Waals surface area (Å²) in [6.45, 7) is 4.76. The fourth-order valence-corrected chi connectivity index (χ4v) is 4.58. The topological polar surface area (TPSA) is 71.4 Å². The predicted molar refractivity (Wildman–Crippen MR) is 92.1 cm³/mol. The lowest BCUT2D eigenvalue weighted by Gasteiger charge is -2.33. The second kappa shape index (κ2) is 6.41. The van der Waals surface area contributed by atoms with Crippen LogP contribution in [-0.4, -0.2) is 29.7 Å². The standard InChI is InChI=1S/C17H21N3O3S/c1-3-17(21)18-14-6-8-15(9-7-14)24(22,23)20-12-11-19-10-4-5-16(19)13(20)2/h4-10,13H,3,11-12H2,1-2H3,(H,18,21). The zero-order chi connectivity index (χ0) is 17.3. The van der Waals surface area contributed by atoms with E-state index in [4.69, 9.17) is 0 Å². The molecule has 1 aliphatic heterocycles. The van der Waals surface area contributed by atoms with Crippen molar-refractivity contribution >= 4 is 21.6 Å². The molecule has 0 radical (unpaired) electrons. The molecule has 6 nitrogen and oxygen atoms in total. The second-order valence-corrected chi connectivity index (χ2v) is 7.73. The fourth-order valence-electron chi connectivity index (χ4n) is 2.98. The maximum absolute atomic E-state index is 12.9. The Labute approximate surface area is 142 Å². The van der Waals surface area contributed by atoms with Crippen LogP contribution < -0.4 is 5.32 Å². The monoisotopic (exact) mass is 347 g/mol. The quantitative estimate of drug-likeness (QED) is 0.924. The van der Waals surface area contributed by atoms with Gasteiger partial charge in [-0.3, -0.25) is 4.79 Å². The zero-order valence-corrected chi connectivity index (χ0v) is 14.6. The molecule has 1 aliphatic rings. The van der Waals surface area contributed by atoms with Crippen LogP contribution in [0.4, 0.5) is 5.69 Å². The average molecular weight is 347 g/mol. The molecule has 1 aromatic heterocycles. The maximum Gasteiger partial charge on any atom is 0.243 e. The van der Waals surface area contributed by atoms with Crippen molar-refractivity contribution in [1.82, 2.24) is 8.87 Å². The molecule has 0 fully saturated rings. The highest BCUT2D eigenvalue weighted by atomic mass is 32.2. The van der Waals surface area contributed by atoms with E-state index in [1.54, 1.807) is 31.2 Å². The van der Waals surface area contributed by atoms with Gasteiger partial charge in [-0.25, -0.2) is 8.42 Å². The third-order valence-corrected chi connectivity index (χ3v) is 6.34. The van der Waals surface area contributed by atoms with Gasteiger partial charge in [0.15, 0.2) is 0 Å². The van der Waals surface area contributed by atoms with Gasteiger partial charge in [-0.2, -0.15) is 4.31 Å². The Morgan fingerprint density at radius 2 is 1.92 bits per heavy atom. The SMILES string of the molecule is CCC(=O)Nc1ccc(S(=O)(=O)N2CCn3cccc3C2C)cc1. The summed E-state index contributed by atoms with van der Waals surface area (Å²) in [6, 6.07) is 10.0. The van der Waals surface area contributed by atoms with Gasteiger partial charge in [-0.05, 0) is 43.3 Å². The van der Waals surface area contributed by atoms with Gasteiger partial charge in [-0.1, -0.05) is 6.92 Å². The molecule has 1 aromatic carbocycles. The van der Waals surface area contributed by atoms with E-state index in [1.165, 1.54) is 4.31 Å².